The van der Waals surface area contributed by atoms with Crippen molar-refractivity contribution in [2.75, 3.05) is 45.9 Å². The summed E-state index contributed by atoms with van der Waals surface area (Å²) in [5.74, 6) is -0.0218. The number of piperazine rings is 1. The van der Waals surface area contributed by atoms with Gasteiger partial charge in [-0.1, -0.05) is 12.1 Å². The number of carbonyl (C=O) groups is 2. The Balaban J connectivity index is 1.28. The van der Waals surface area contributed by atoms with E-state index in [2.05, 4.69) is 15.5 Å². The highest BCUT2D eigenvalue weighted by molar-refractivity contribution is 5.96. The van der Waals surface area contributed by atoms with Gasteiger partial charge >= 0.3 is 6.03 Å². The van der Waals surface area contributed by atoms with Crippen LogP contribution in [0.4, 0.5) is 4.79 Å². The van der Waals surface area contributed by atoms with Gasteiger partial charge in [0.15, 0.2) is 0 Å². The third-order valence-corrected chi connectivity index (χ3v) is 5.57. The van der Waals surface area contributed by atoms with E-state index in [9.17, 15) is 9.59 Å². The lowest BCUT2D eigenvalue weighted by Gasteiger charge is -2.37. The summed E-state index contributed by atoms with van der Waals surface area (Å²) in [7, 11) is 0. The minimum atomic E-state index is -0.0329. The molecule has 7 heteroatoms. The zero-order chi connectivity index (χ0) is 17.9. The monoisotopic (exact) mass is 358 g/mol. The summed E-state index contributed by atoms with van der Waals surface area (Å²) in [5, 5.41) is 5.85. The molecule has 0 radical (unpaired) electrons. The summed E-state index contributed by atoms with van der Waals surface area (Å²) in [6.45, 7) is 6.10. The molecule has 0 saturated carbocycles. The summed E-state index contributed by atoms with van der Waals surface area (Å²) in [6.07, 6.45) is 1.96. The number of rotatable bonds is 3. The van der Waals surface area contributed by atoms with Gasteiger partial charge in [0.2, 0.25) is 0 Å². The predicted molar refractivity (Wildman–Crippen MR) is 97.1 cm³/mol. The Bertz CT molecular complexity index is 679. The Labute approximate surface area is 153 Å². The molecule has 2 N–H and O–H groups in total. The normalized spacial score (nSPS) is 23.5. The first kappa shape index (κ1) is 17.3. The van der Waals surface area contributed by atoms with Crippen LogP contribution in [0.5, 0.6) is 0 Å². The van der Waals surface area contributed by atoms with Crippen molar-refractivity contribution in [3.63, 3.8) is 0 Å². The van der Waals surface area contributed by atoms with Crippen molar-refractivity contribution in [1.82, 2.24) is 20.4 Å². The summed E-state index contributed by atoms with van der Waals surface area (Å²) in [4.78, 5) is 28.7. The first-order valence-electron chi connectivity index (χ1n) is 9.45. The lowest BCUT2D eigenvalue weighted by molar-refractivity contribution is 0.0945. The maximum Gasteiger partial charge on any atom is 0.317 e. The van der Waals surface area contributed by atoms with E-state index in [-0.39, 0.29) is 11.9 Å². The second kappa shape index (κ2) is 7.63. The fourth-order valence-electron chi connectivity index (χ4n) is 3.96. The predicted octanol–water partition coefficient (Wildman–Crippen LogP) is 0.589. The molecule has 140 valence electrons. The number of urea groups is 1. The van der Waals surface area contributed by atoms with Crippen molar-refractivity contribution in [2.24, 2.45) is 0 Å². The van der Waals surface area contributed by atoms with Gasteiger partial charge in [-0.2, -0.15) is 0 Å². The van der Waals surface area contributed by atoms with E-state index in [1.807, 2.05) is 23.1 Å². The quantitative estimate of drug-likeness (QED) is 0.829. The topological polar surface area (TPSA) is 73.9 Å². The maximum atomic E-state index is 12.4. The lowest BCUT2D eigenvalue weighted by atomic mass is 9.98. The van der Waals surface area contributed by atoms with Crippen molar-refractivity contribution >= 4 is 11.9 Å². The fourth-order valence-corrected chi connectivity index (χ4v) is 3.96. The molecule has 0 aliphatic carbocycles. The van der Waals surface area contributed by atoms with Gasteiger partial charge in [-0.3, -0.25) is 9.69 Å². The molecule has 7 nitrogen and oxygen atoms in total. The molecule has 0 spiro atoms. The van der Waals surface area contributed by atoms with E-state index in [4.69, 9.17) is 4.74 Å². The first-order chi connectivity index (χ1) is 12.7. The van der Waals surface area contributed by atoms with E-state index in [0.717, 1.165) is 68.9 Å². The van der Waals surface area contributed by atoms with Crippen LogP contribution in [0.15, 0.2) is 18.2 Å². The van der Waals surface area contributed by atoms with Crippen molar-refractivity contribution in [2.45, 2.75) is 25.4 Å². The molecule has 3 aliphatic rings. The Hall–Kier alpha value is -2.12. The smallest absolute Gasteiger partial charge is 0.317 e. The van der Waals surface area contributed by atoms with Crippen LogP contribution in [-0.4, -0.2) is 73.7 Å². The number of hydrogen-bond donors (Lipinski definition) is 2. The van der Waals surface area contributed by atoms with Gasteiger partial charge in [0.25, 0.3) is 5.91 Å². The number of hydrogen-bond acceptors (Lipinski definition) is 4. The van der Waals surface area contributed by atoms with Crippen LogP contribution in [0.1, 0.15) is 27.9 Å². The van der Waals surface area contributed by atoms with Crippen LogP contribution in [0, 0.1) is 0 Å². The van der Waals surface area contributed by atoms with Gasteiger partial charge in [0, 0.05) is 57.5 Å². The van der Waals surface area contributed by atoms with E-state index in [1.54, 1.807) is 0 Å². The highest BCUT2D eigenvalue weighted by Gasteiger charge is 2.28. The zero-order valence-corrected chi connectivity index (χ0v) is 15.0. The average Bonchev–Trinajstić information content (AvgIpc) is 3.21. The van der Waals surface area contributed by atoms with Crippen LogP contribution >= 0.6 is 0 Å². The van der Waals surface area contributed by atoms with Crippen LogP contribution in [0.3, 0.4) is 0 Å². The molecule has 1 atom stereocenters. The van der Waals surface area contributed by atoms with Gasteiger partial charge in [-0.25, -0.2) is 4.79 Å². The van der Waals surface area contributed by atoms with Crippen molar-refractivity contribution in [1.29, 1.82) is 0 Å². The van der Waals surface area contributed by atoms with Crippen LogP contribution in [0.2, 0.25) is 0 Å². The summed E-state index contributed by atoms with van der Waals surface area (Å²) in [6, 6.07) is 6.37. The van der Waals surface area contributed by atoms with Crippen LogP contribution in [0.25, 0.3) is 0 Å². The zero-order valence-electron chi connectivity index (χ0n) is 15.0. The molecule has 2 saturated heterocycles. The van der Waals surface area contributed by atoms with Crippen LogP contribution < -0.4 is 10.6 Å². The van der Waals surface area contributed by atoms with E-state index in [1.165, 1.54) is 0 Å². The molecule has 26 heavy (non-hydrogen) atoms. The number of amides is 3. The largest absolute Gasteiger partial charge is 0.380 e. The second-order valence-electron chi connectivity index (χ2n) is 7.20. The highest BCUT2D eigenvalue weighted by Crippen LogP contribution is 2.17. The van der Waals surface area contributed by atoms with E-state index < -0.39 is 0 Å². The van der Waals surface area contributed by atoms with Gasteiger partial charge in [0.1, 0.15) is 0 Å². The van der Waals surface area contributed by atoms with Crippen molar-refractivity contribution in [3.05, 3.63) is 34.9 Å². The van der Waals surface area contributed by atoms with E-state index >= 15 is 0 Å². The van der Waals surface area contributed by atoms with Gasteiger partial charge in [-0.15, -0.1) is 0 Å². The number of nitrogens with one attached hydrogen (secondary N) is 2. The molecule has 0 aromatic heterocycles. The molecule has 4 rings (SSSR count). The van der Waals surface area contributed by atoms with Gasteiger partial charge in [-0.05, 0) is 30.0 Å². The minimum Gasteiger partial charge on any atom is -0.380 e. The van der Waals surface area contributed by atoms with Gasteiger partial charge in [0.05, 0.1) is 6.61 Å². The van der Waals surface area contributed by atoms with Gasteiger partial charge < -0.3 is 20.3 Å². The van der Waals surface area contributed by atoms with Crippen molar-refractivity contribution < 1.29 is 14.3 Å². The standard InChI is InChI=1S/C19H26N4O3/c24-18-17-11-14(1-2-15(17)3-5-20-18)12-21-19(25)23-8-6-22(7-9-23)16-4-10-26-13-16/h1-2,11,16H,3-10,12-13H2,(H,20,24)(H,21,25). The lowest BCUT2D eigenvalue weighted by Crippen LogP contribution is -2.54. The Morgan fingerprint density at radius 1 is 1.27 bits per heavy atom. The SMILES string of the molecule is O=C1NCCc2ccc(CNC(=O)N3CCN(C4CCOC4)CC3)cc21. The average molecular weight is 358 g/mol. The maximum absolute atomic E-state index is 12.4. The molecule has 0 bridgehead atoms. The molecule has 1 unspecified atom stereocenters. The second-order valence-corrected chi connectivity index (χ2v) is 7.20. The molecule has 3 amide bonds. The molecule has 2 fully saturated rings. The first-order valence-corrected chi connectivity index (χ1v) is 9.45. The molecule has 3 aliphatic heterocycles. The Morgan fingerprint density at radius 2 is 2.12 bits per heavy atom. The number of nitrogens with zero attached hydrogens (tertiary/aromatic N) is 2. The number of benzene rings is 1. The number of carbonyl (C=O) groups excluding carboxylic acids is 2. The highest BCUT2D eigenvalue weighted by atomic mass is 16.5. The molecular weight excluding hydrogens is 332 g/mol. The Kier molecular flexibility index (Phi) is 5.08. The molecule has 1 aromatic carbocycles. The summed E-state index contributed by atoms with van der Waals surface area (Å²) >= 11 is 0. The number of fused-ring (bicyclic) bond motifs is 1. The molecule has 1 aromatic rings. The summed E-state index contributed by atoms with van der Waals surface area (Å²) < 4.78 is 5.46. The minimum absolute atomic E-state index is 0.0218. The summed E-state index contributed by atoms with van der Waals surface area (Å²) in [5.41, 5.74) is 2.77. The fraction of sp³-hybridized carbons (Fsp3) is 0.579. The number of ether oxygens (including phenoxy) is 1. The third kappa shape index (κ3) is 3.68. The Morgan fingerprint density at radius 3 is 2.88 bits per heavy atom. The molecule has 3 heterocycles. The van der Waals surface area contributed by atoms with E-state index in [0.29, 0.717) is 19.1 Å². The third-order valence-electron chi connectivity index (χ3n) is 5.57. The molecular formula is C19H26N4O3. The van der Waals surface area contributed by atoms with Crippen molar-refractivity contribution in [3.8, 4) is 0 Å². The van der Waals surface area contributed by atoms with Crippen LogP contribution in [-0.2, 0) is 17.7 Å².